The van der Waals surface area contributed by atoms with Crippen LogP contribution < -0.4 is 4.74 Å². The van der Waals surface area contributed by atoms with Gasteiger partial charge in [-0.2, -0.15) is 0 Å². The summed E-state index contributed by atoms with van der Waals surface area (Å²) in [6.07, 6.45) is 3.21. The third-order valence-corrected chi connectivity index (χ3v) is 3.28. The zero-order valence-corrected chi connectivity index (χ0v) is 11.6. The topological polar surface area (TPSA) is 64.6 Å². The van der Waals surface area contributed by atoms with Gasteiger partial charge in [-0.25, -0.2) is 4.79 Å². The van der Waals surface area contributed by atoms with Gasteiger partial charge in [0.2, 0.25) is 0 Å². The van der Waals surface area contributed by atoms with Gasteiger partial charge in [0.15, 0.2) is 0 Å². The molecule has 0 spiro atoms. The number of nitrogens with zero attached hydrogens (tertiary/aromatic N) is 1. The summed E-state index contributed by atoms with van der Waals surface area (Å²) in [5.74, 6) is 0.469. The lowest BCUT2D eigenvalue weighted by atomic mass is 10.2. The minimum atomic E-state index is -0.983. The molecule has 0 unspecified atom stereocenters. The molecule has 3 aromatic rings. The number of fused-ring (bicyclic) bond motifs is 1. The van der Waals surface area contributed by atoms with Crippen molar-refractivity contribution in [3.63, 3.8) is 0 Å². The zero-order chi connectivity index (χ0) is 14.8. The number of benzene rings is 1. The second kappa shape index (κ2) is 5.36. The van der Waals surface area contributed by atoms with Crippen LogP contribution in [-0.4, -0.2) is 22.2 Å². The van der Waals surface area contributed by atoms with Gasteiger partial charge in [0.25, 0.3) is 0 Å². The lowest BCUT2D eigenvalue weighted by Gasteiger charge is -2.05. The van der Waals surface area contributed by atoms with Gasteiger partial charge in [-0.1, -0.05) is 0 Å². The minimum Gasteiger partial charge on any atom is -0.494 e. The number of aromatic carboxylic acids is 1. The summed E-state index contributed by atoms with van der Waals surface area (Å²) in [6.45, 7) is 3.08. The maximum Gasteiger partial charge on any atom is 0.338 e. The Morgan fingerprint density at radius 3 is 2.90 bits per heavy atom. The quantitative estimate of drug-likeness (QED) is 0.780. The molecule has 0 fully saturated rings. The molecule has 0 radical (unpaired) electrons. The number of aromatic nitrogens is 1. The average molecular weight is 285 g/mol. The lowest BCUT2D eigenvalue weighted by Crippen LogP contribution is -1.97. The molecule has 21 heavy (non-hydrogen) atoms. The standard InChI is InChI=1S/C16H15NO4/c1-2-20-13-3-4-15-11(7-13)5-6-17(15)9-14-8-12(10-21-14)16(18)19/h3-8,10H,2,9H2,1H3,(H,18,19). The molecule has 0 saturated heterocycles. The third kappa shape index (κ3) is 2.63. The van der Waals surface area contributed by atoms with Crippen LogP contribution in [0.3, 0.4) is 0 Å². The highest BCUT2D eigenvalue weighted by atomic mass is 16.5. The number of hydrogen-bond donors (Lipinski definition) is 1. The molecular formula is C16H15NO4. The van der Waals surface area contributed by atoms with Gasteiger partial charge in [-0.3, -0.25) is 0 Å². The summed E-state index contributed by atoms with van der Waals surface area (Å²) >= 11 is 0. The van der Waals surface area contributed by atoms with Crippen molar-refractivity contribution < 1.29 is 19.1 Å². The smallest absolute Gasteiger partial charge is 0.338 e. The Labute approximate surface area is 121 Å². The fourth-order valence-corrected chi connectivity index (χ4v) is 2.32. The highest BCUT2D eigenvalue weighted by Gasteiger charge is 2.10. The predicted octanol–water partition coefficient (Wildman–Crippen LogP) is 3.38. The zero-order valence-electron chi connectivity index (χ0n) is 11.6. The number of carboxylic acids is 1. The number of carbonyl (C=O) groups is 1. The third-order valence-electron chi connectivity index (χ3n) is 3.28. The Hall–Kier alpha value is -2.69. The molecule has 2 aromatic heterocycles. The van der Waals surface area contributed by atoms with E-state index in [2.05, 4.69) is 0 Å². The van der Waals surface area contributed by atoms with E-state index in [1.165, 1.54) is 6.26 Å². The normalized spacial score (nSPS) is 10.9. The molecule has 0 atom stereocenters. The van der Waals surface area contributed by atoms with E-state index >= 15 is 0 Å². The highest BCUT2D eigenvalue weighted by molar-refractivity contribution is 5.87. The van der Waals surface area contributed by atoms with E-state index in [9.17, 15) is 4.79 Å². The molecule has 5 heteroatoms. The van der Waals surface area contributed by atoms with E-state index in [0.29, 0.717) is 18.9 Å². The summed E-state index contributed by atoms with van der Waals surface area (Å²) in [6, 6.07) is 9.44. The van der Waals surface area contributed by atoms with E-state index in [1.807, 2.05) is 42.0 Å². The summed E-state index contributed by atoms with van der Waals surface area (Å²) in [7, 11) is 0. The second-order valence-corrected chi connectivity index (χ2v) is 4.70. The Bertz CT molecular complexity index is 785. The van der Waals surface area contributed by atoms with E-state index in [0.717, 1.165) is 16.7 Å². The van der Waals surface area contributed by atoms with E-state index < -0.39 is 5.97 Å². The molecule has 0 saturated carbocycles. The van der Waals surface area contributed by atoms with Crippen LogP contribution in [0.1, 0.15) is 23.0 Å². The Morgan fingerprint density at radius 1 is 1.33 bits per heavy atom. The second-order valence-electron chi connectivity index (χ2n) is 4.70. The number of hydrogen-bond acceptors (Lipinski definition) is 3. The van der Waals surface area contributed by atoms with E-state index in [1.54, 1.807) is 6.07 Å². The molecule has 5 nitrogen and oxygen atoms in total. The predicted molar refractivity (Wildman–Crippen MR) is 77.9 cm³/mol. The van der Waals surface area contributed by atoms with Crippen molar-refractivity contribution in [1.82, 2.24) is 4.57 Å². The number of ether oxygens (including phenoxy) is 1. The first-order valence-electron chi connectivity index (χ1n) is 6.70. The molecule has 108 valence electrons. The Balaban J connectivity index is 1.88. The largest absolute Gasteiger partial charge is 0.494 e. The van der Waals surface area contributed by atoms with Crippen molar-refractivity contribution in [2.75, 3.05) is 6.61 Å². The first-order valence-corrected chi connectivity index (χ1v) is 6.70. The number of carboxylic acid groups (broad SMARTS) is 1. The summed E-state index contributed by atoms with van der Waals surface area (Å²) in [5.41, 5.74) is 1.21. The first kappa shape index (κ1) is 13.3. The Morgan fingerprint density at radius 2 is 2.19 bits per heavy atom. The summed E-state index contributed by atoms with van der Waals surface area (Å²) in [4.78, 5) is 10.8. The van der Waals surface area contributed by atoms with Crippen LogP contribution in [0.5, 0.6) is 5.75 Å². The van der Waals surface area contributed by atoms with E-state index in [-0.39, 0.29) is 5.56 Å². The van der Waals surface area contributed by atoms with Crippen LogP contribution in [-0.2, 0) is 6.54 Å². The van der Waals surface area contributed by atoms with Gasteiger partial charge in [-0.05, 0) is 37.3 Å². The van der Waals surface area contributed by atoms with Crippen LogP contribution in [0.4, 0.5) is 0 Å². The Kier molecular flexibility index (Phi) is 3.39. The fourth-order valence-electron chi connectivity index (χ4n) is 2.32. The van der Waals surface area contributed by atoms with Gasteiger partial charge in [0.1, 0.15) is 17.8 Å². The van der Waals surface area contributed by atoms with Crippen molar-refractivity contribution in [3.8, 4) is 5.75 Å². The fraction of sp³-hybridized carbons (Fsp3) is 0.188. The number of furan rings is 1. The maximum atomic E-state index is 10.8. The SMILES string of the molecule is CCOc1ccc2c(ccn2Cc2cc(C(=O)O)co2)c1. The molecule has 1 aromatic carbocycles. The molecule has 0 aliphatic rings. The van der Waals surface area contributed by atoms with Gasteiger partial charge < -0.3 is 18.8 Å². The van der Waals surface area contributed by atoms with Crippen LogP contribution in [0.2, 0.25) is 0 Å². The minimum absolute atomic E-state index is 0.167. The van der Waals surface area contributed by atoms with Crippen LogP contribution >= 0.6 is 0 Å². The average Bonchev–Trinajstić information content (AvgIpc) is 3.07. The van der Waals surface area contributed by atoms with Gasteiger partial charge in [0, 0.05) is 17.1 Å². The van der Waals surface area contributed by atoms with Crippen molar-refractivity contribution in [3.05, 3.63) is 54.1 Å². The van der Waals surface area contributed by atoms with Crippen LogP contribution in [0.25, 0.3) is 10.9 Å². The number of rotatable bonds is 5. The summed E-state index contributed by atoms with van der Waals surface area (Å²) in [5, 5.41) is 9.97. The molecule has 1 N–H and O–H groups in total. The van der Waals surface area contributed by atoms with Gasteiger partial charge >= 0.3 is 5.97 Å². The monoisotopic (exact) mass is 285 g/mol. The summed E-state index contributed by atoms with van der Waals surface area (Å²) < 4.78 is 12.8. The van der Waals surface area contributed by atoms with Crippen molar-refractivity contribution in [2.24, 2.45) is 0 Å². The maximum absolute atomic E-state index is 10.8. The van der Waals surface area contributed by atoms with Crippen molar-refractivity contribution >= 4 is 16.9 Å². The van der Waals surface area contributed by atoms with Crippen molar-refractivity contribution in [1.29, 1.82) is 0 Å². The van der Waals surface area contributed by atoms with Crippen LogP contribution in [0, 0.1) is 0 Å². The molecule has 0 aliphatic heterocycles. The van der Waals surface area contributed by atoms with Gasteiger partial charge in [0.05, 0.1) is 18.7 Å². The molecule has 2 heterocycles. The molecule has 3 rings (SSSR count). The molecule has 0 amide bonds. The van der Waals surface area contributed by atoms with E-state index in [4.69, 9.17) is 14.3 Å². The highest BCUT2D eigenvalue weighted by Crippen LogP contribution is 2.23. The van der Waals surface area contributed by atoms with Gasteiger partial charge in [-0.15, -0.1) is 0 Å². The van der Waals surface area contributed by atoms with Crippen molar-refractivity contribution in [2.45, 2.75) is 13.5 Å². The molecular weight excluding hydrogens is 270 g/mol. The first-order chi connectivity index (χ1) is 10.2. The lowest BCUT2D eigenvalue weighted by molar-refractivity contribution is 0.0696. The molecule has 0 bridgehead atoms. The van der Waals surface area contributed by atoms with Crippen LogP contribution in [0.15, 0.2) is 47.2 Å². The molecule has 0 aliphatic carbocycles.